The van der Waals surface area contributed by atoms with Crippen molar-refractivity contribution in [1.82, 2.24) is 4.98 Å². The number of ether oxygens (including phenoxy) is 1. The Morgan fingerprint density at radius 3 is 2.62 bits per heavy atom. The summed E-state index contributed by atoms with van der Waals surface area (Å²) in [5.74, 6) is -1.20. The molecule has 0 bridgehead atoms. The summed E-state index contributed by atoms with van der Waals surface area (Å²) in [6.07, 6.45) is 1.31. The Hall–Kier alpha value is -2.52. The van der Waals surface area contributed by atoms with Crippen LogP contribution in [0.5, 0.6) is 0 Å². The molecule has 0 aliphatic carbocycles. The van der Waals surface area contributed by atoms with Crippen LogP contribution in [0.4, 0.5) is 10.1 Å². The molecule has 0 aliphatic heterocycles. The number of sulfonamides is 1. The van der Waals surface area contributed by atoms with Crippen molar-refractivity contribution in [2.45, 2.75) is 11.8 Å². The fourth-order valence-electron chi connectivity index (χ4n) is 2.49. The second-order valence-electron chi connectivity index (χ2n) is 5.31. The summed E-state index contributed by atoms with van der Waals surface area (Å²) in [6.45, 7) is 1.81. The monoisotopic (exact) mass is 394 g/mol. The number of halogens is 1. The number of pyridine rings is 1. The van der Waals surface area contributed by atoms with Gasteiger partial charge in [-0.3, -0.25) is 4.31 Å². The van der Waals surface area contributed by atoms with Crippen LogP contribution in [0.15, 0.2) is 46.8 Å². The van der Waals surface area contributed by atoms with Gasteiger partial charge < -0.3 is 4.74 Å². The highest BCUT2D eigenvalue weighted by Crippen LogP contribution is 2.35. The molecule has 0 amide bonds. The van der Waals surface area contributed by atoms with Gasteiger partial charge in [0.2, 0.25) is 0 Å². The molecular formula is C17H15FN2O4S2. The van der Waals surface area contributed by atoms with E-state index in [1.807, 2.05) is 0 Å². The summed E-state index contributed by atoms with van der Waals surface area (Å²) in [6, 6.07) is 6.19. The van der Waals surface area contributed by atoms with Crippen molar-refractivity contribution in [3.05, 3.63) is 53.3 Å². The van der Waals surface area contributed by atoms with E-state index in [0.717, 1.165) is 16.4 Å². The van der Waals surface area contributed by atoms with Crippen LogP contribution in [0.1, 0.15) is 17.3 Å². The van der Waals surface area contributed by atoms with E-state index < -0.39 is 21.8 Å². The molecule has 0 saturated carbocycles. The average Bonchev–Trinajstić information content (AvgIpc) is 3.09. The summed E-state index contributed by atoms with van der Waals surface area (Å²) in [7, 11) is -2.67. The summed E-state index contributed by atoms with van der Waals surface area (Å²) in [4.78, 5) is 17.0. The molecule has 26 heavy (non-hydrogen) atoms. The highest BCUT2D eigenvalue weighted by atomic mass is 32.2. The highest BCUT2D eigenvalue weighted by Gasteiger charge is 2.28. The quantitative estimate of drug-likeness (QED) is 0.620. The van der Waals surface area contributed by atoms with Gasteiger partial charge in [0.05, 0.1) is 17.2 Å². The number of carbonyl (C=O) groups is 1. The molecule has 3 rings (SSSR count). The number of benzene rings is 1. The minimum Gasteiger partial charge on any atom is -0.462 e. The first-order chi connectivity index (χ1) is 12.4. The number of thiophene rings is 1. The predicted molar refractivity (Wildman–Crippen MR) is 97.6 cm³/mol. The van der Waals surface area contributed by atoms with Crippen LogP contribution in [0, 0.1) is 5.82 Å². The highest BCUT2D eigenvalue weighted by molar-refractivity contribution is 7.92. The third-order valence-electron chi connectivity index (χ3n) is 3.75. The Balaban J connectivity index is 2.19. The molecule has 9 heteroatoms. The second kappa shape index (κ2) is 7.00. The number of anilines is 1. The van der Waals surface area contributed by atoms with Crippen molar-refractivity contribution < 1.29 is 22.3 Å². The Labute approximate surface area is 153 Å². The zero-order valence-corrected chi connectivity index (χ0v) is 15.6. The van der Waals surface area contributed by atoms with Gasteiger partial charge >= 0.3 is 5.97 Å². The Morgan fingerprint density at radius 1 is 1.27 bits per heavy atom. The molecule has 0 aliphatic rings. The van der Waals surface area contributed by atoms with Crippen molar-refractivity contribution >= 4 is 43.2 Å². The maximum atomic E-state index is 13.1. The Morgan fingerprint density at radius 2 is 1.96 bits per heavy atom. The number of nitrogens with zero attached hydrogens (tertiary/aromatic N) is 2. The minimum atomic E-state index is -4.01. The number of carbonyl (C=O) groups excluding carboxylic acids is 1. The summed E-state index contributed by atoms with van der Waals surface area (Å²) >= 11 is 1.33. The van der Waals surface area contributed by atoms with E-state index in [9.17, 15) is 17.6 Å². The van der Waals surface area contributed by atoms with Crippen molar-refractivity contribution in [1.29, 1.82) is 0 Å². The molecule has 0 unspecified atom stereocenters. The normalized spacial score (nSPS) is 11.5. The van der Waals surface area contributed by atoms with Crippen molar-refractivity contribution in [3.63, 3.8) is 0 Å². The predicted octanol–water partition coefficient (Wildman–Crippen LogP) is 3.44. The van der Waals surface area contributed by atoms with E-state index in [1.165, 1.54) is 36.7 Å². The van der Waals surface area contributed by atoms with E-state index >= 15 is 0 Å². The topological polar surface area (TPSA) is 76.6 Å². The van der Waals surface area contributed by atoms with Crippen LogP contribution in [0.3, 0.4) is 0 Å². The van der Waals surface area contributed by atoms with Gasteiger partial charge in [-0.05, 0) is 42.6 Å². The van der Waals surface area contributed by atoms with E-state index in [2.05, 4.69) is 4.98 Å². The van der Waals surface area contributed by atoms with E-state index in [1.54, 1.807) is 18.4 Å². The Bertz CT molecular complexity index is 1060. The van der Waals surface area contributed by atoms with Crippen LogP contribution in [0.2, 0.25) is 0 Å². The first-order valence-corrected chi connectivity index (χ1v) is 9.96. The van der Waals surface area contributed by atoms with Gasteiger partial charge in [0.15, 0.2) is 0 Å². The summed E-state index contributed by atoms with van der Waals surface area (Å²) in [5.41, 5.74) is 0.227. The molecule has 3 aromatic rings. The molecule has 0 radical (unpaired) electrons. The van der Waals surface area contributed by atoms with Crippen molar-refractivity contribution in [3.8, 4) is 0 Å². The molecular weight excluding hydrogens is 379 g/mol. The number of aromatic nitrogens is 1. The van der Waals surface area contributed by atoms with E-state index in [-0.39, 0.29) is 22.8 Å². The van der Waals surface area contributed by atoms with E-state index in [4.69, 9.17) is 4.74 Å². The average molecular weight is 394 g/mol. The molecule has 1 aromatic carbocycles. The van der Waals surface area contributed by atoms with Crippen molar-refractivity contribution in [2.75, 3.05) is 18.0 Å². The summed E-state index contributed by atoms with van der Waals surface area (Å²) < 4.78 is 45.1. The minimum absolute atomic E-state index is 0.0472. The van der Waals surface area contributed by atoms with Crippen LogP contribution < -0.4 is 4.31 Å². The number of fused-ring (bicyclic) bond motifs is 1. The molecule has 2 heterocycles. The lowest BCUT2D eigenvalue weighted by Gasteiger charge is -2.22. The van der Waals surface area contributed by atoms with Gasteiger partial charge in [-0.2, -0.15) is 0 Å². The standard InChI is InChI=1S/C17H15FN2O4S2/c1-3-24-17(21)14-10-19-16-13(8-9-25-16)15(14)20(2)26(22,23)12-6-4-11(18)5-7-12/h4-10H,3H2,1-2H3. The number of hydrogen-bond donors (Lipinski definition) is 0. The zero-order chi connectivity index (χ0) is 18.9. The van der Waals surface area contributed by atoms with Gasteiger partial charge in [0.25, 0.3) is 10.0 Å². The third-order valence-corrected chi connectivity index (χ3v) is 6.34. The molecule has 2 aromatic heterocycles. The van der Waals surface area contributed by atoms with Gasteiger partial charge in [0.1, 0.15) is 16.2 Å². The maximum Gasteiger partial charge on any atom is 0.341 e. The fourth-order valence-corrected chi connectivity index (χ4v) is 4.46. The van der Waals surface area contributed by atoms with Crippen molar-refractivity contribution in [2.24, 2.45) is 0 Å². The van der Waals surface area contributed by atoms with E-state index in [0.29, 0.717) is 10.2 Å². The lowest BCUT2D eigenvalue weighted by molar-refractivity contribution is 0.0527. The van der Waals surface area contributed by atoms with Crippen LogP contribution >= 0.6 is 11.3 Å². The smallest absolute Gasteiger partial charge is 0.341 e. The summed E-state index contributed by atoms with van der Waals surface area (Å²) in [5, 5.41) is 2.28. The number of rotatable bonds is 5. The molecule has 0 fully saturated rings. The zero-order valence-electron chi connectivity index (χ0n) is 14.0. The number of hydrogen-bond acceptors (Lipinski definition) is 6. The first-order valence-electron chi connectivity index (χ1n) is 7.64. The van der Waals surface area contributed by atoms with Gasteiger partial charge in [-0.1, -0.05) is 0 Å². The maximum absolute atomic E-state index is 13.1. The third kappa shape index (κ3) is 3.15. The number of esters is 1. The molecule has 0 saturated heterocycles. The SMILES string of the molecule is CCOC(=O)c1cnc2sccc2c1N(C)S(=O)(=O)c1ccc(F)cc1. The molecule has 6 nitrogen and oxygen atoms in total. The van der Waals surface area contributed by atoms with Crippen LogP contribution in [0.25, 0.3) is 10.2 Å². The lowest BCUT2D eigenvalue weighted by Crippen LogP contribution is -2.28. The van der Waals surface area contributed by atoms with Crippen LogP contribution in [-0.4, -0.2) is 33.0 Å². The first kappa shape index (κ1) is 18.3. The van der Waals surface area contributed by atoms with Crippen LogP contribution in [-0.2, 0) is 14.8 Å². The molecule has 0 spiro atoms. The molecule has 136 valence electrons. The Kier molecular flexibility index (Phi) is 4.92. The molecule has 0 atom stereocenters. The fraction of sp³-hybridized carbons (Fsp3) is 0.176. The lowest BCUT2D eigenvalue weighted by atomic mass is 10.2. The largest absolute Gasteiger partial charge is 0.462 e. The van der Waals surface area contributed by atoms with Gasteiger partial charge in [-0.15, -0.1) is 11.3 Å². The van der Waals surface area contributed by atoms with Gasteiger partial charge in [0, 0.05) is 18.6 Å². The molecule has 0 N–H and O–H groups in total. The van der Waals surface area contributed by atoms with Gasteiger partial charge in [-0.25, -0.2) is 22.6 Å². The second-order valence-corrected chi connectivity index (χ2v) is 8.17.